The Balaban J connectivity index is 3.01. The van der Waals surface area contributed by atoms with Gasteiger partial charge in [-0.1, -0.05) is 0 Å². The van der Waals surface area contributed by atoms with Crippen LogP contribution in [0.25, 0.3) is 0 Å². The summed E-state index contributed by atoms with van der Waals surface area (Å²) in [6.07, 6.45) is 1.92. The molecule has 0 radical (unpaired) electrons. The molecule has 1 saturated heterocycles. The zero-order valence-electron chi connectivity index (χ0n) is 9.78. The van der Waals surface area contributed by atoms with Crippen molar-refractivity contribution < 1.29 is 17.0 Å². The van der Waals surface area contributed by atoms with E-state index in [1.54, 1.807) is 0 Å². The summed E-state index contributed by atoms with van der Waals surface area (Å²) in [4.78, 5) is 4.68. The van der Waals surface area contributed by atoms with Gasteiger partial charge < -0.3 is 0 Å². The second-order valence-electron chi connectivity index (χ2n) is 4.91. The molecule has 0 aromatic carbocycles. The van der Waals surface area contributed by atoms with Crippen molar-refractivity contribution in [3.63, 3.8) is 0 Å². The van der Waals surface area contributed by atoms with E-state index in [-0.39, 0.29) is 5.54 Å². The van der Waals surface area contributed by atoms with Crippen LogP contribution in [0.1, 0.15) is 34.6 Å². The molecule has 0 amide bonds. The van der Waals surface area contributed by atoms with Crippen molar-refractivity contribution >= 4 is 4.47 Å². The Morgan fingerprint density at radius 2 is 1.79 bits per heavy atom. The third-order valence-electron chi connectivity index (χ3n) is 2.91. The molecule has 0 aromatic heterocycles. The summed E-state index contributed by atoms with van der Waals surface area (Å²) in [6, 6.07) is 1.04. The van der Waals surface area contributed by atoms with Gasteiger partial charge >= 0.3 is 96.3 Å². The summed E-state index contributed by atoms with van der Waals surface area (Å²) < 4.78 is 1.25. The Labute approximate surface area is 96.4 Å². The van der Waals surface area contributed by atoms with Crippen molar-refractivity contribution in [1.82, 2.24) is 9.80 Å². The molecule has 1 rings (SSSR count). The average Bonchev–Trinajstić information content (AvgIpc) is 2.22. The van der Waals surface area contributed by atoms with Crippen LogP contribution in [0.3, 0.4) is 0 Å². The molecule has 2 nitrogen and oxygen atoms in total. The van der Waals surface area contributed by atoms with Gasteiger partial charge in [-0.3, -0.25) is 0 Å². The zero-order valence-corrected chi connectivity index (χ0v) is 11.2. The van der Waals surface area contributed by atoms with E-state index in [1.165, 1.54) is 4.47 Å². The number of nitrogens with zero attached hydrogens (tertiary/aromatic N) is 2. The van der Waals surface area contributed by atoms with Gasteiger partial charge in [0.05, 0.1) is 0 Å². The van der Waals surface area contributed by atoms with E-state index in [0.717, 1.165) is 0 Å². The second-order valence-corrected chi connectivity index (χ2v) is 5.54. The molecular formula is C11H20N2V. The molecule has 1 aliphatic rings. The maximum absolute atomic E-state index is 3.86. The third-order valence-corrected chi connectivity index (χ3v) is 3.61. The van der Waals surface area contributed by atoms with Crippen molar-refractivity contribution in [2.45, 2.75) is 52.2 Å². The number of hydrogen-bond donors (Lipinski definition) is 0. The van der Waals surface area contributed by atoms with Crippen molar-refractivity contribution in [3.8, 4) is 0 Å². The van der Waals surface area contributed by atoms with Gasteiger partial charge in [-0.2, -0.15) is 0 Å². The molecule has 0 N–H and O–H groups in total. The molecule has 14 heavy (non-hydrogen) atoms. The zero-order chi connectivity index (χ0) is 11.1. The van der Waals surface area contributed by atoms with Gasteiger partial charge in [0.15, 0.2) is 0 Å². The number of hydrogen-bond acceptors (Lipinski definition) is 2. The molecule has 2 atom stereocenters. The fraction of sp³-hybridized carbons (Fsp3) is 0.727. The van der Waals surface area contributed by atoms with Crippen LogP contribution < -0.4 is 0 Å². The summed E-state index contributed by atoms with van der Waals surface area (Å²) >= 11 is 2.66. The summed E-state index contributed by atoms with van der Waals surface area (Å²) in [7, 11) is 0. The summed E-state index contributed by atoms with van der Waals surface area (Å²) in [6.45, 7) is 15.1. The topological polar surface area (TPSA) is 6.48 Å². The predicted octanol–water partition coefficient (Wildman–Crippen LogP) is 1.96. The van der Waals surface area contributed by atoms with Crippen molar-refractivity contribution in [2.24, 2.45) is 0 Å². The molecule has 3 heteroatoms. The summed E-state index contributed by atoms with van der Waals surface area (Å²) in [5, 5.41) is 0. The van der Waals surface area contributed by atoms with E-state index in [1.807, 2.05) is 6.20 Å². The molecule has 0 spiro atoms. The van der Waals surface area contributed by atoms with Crippen LogP contribution in [-0.4, -0.2) is 31.9 Å². The van der Waals surface area contributed by atoms with E-state index in [2.05, 4.69) is 68.0 Å². The van der Waals surface area contributed by atoms with E-state index >= 15 is 0 Å². The monoisotopic (exact) mass is 231 g/mol. The molecule has 0 saturated carbocycles. The van der Waals surface area contributed by atoms with Gasteiger partial charge in [0, 0.05) is 0 Å². The normalized spacial score (nSPS) is 29.7. The fourth-order valence-corrected chi connectivity index (χ4v) is 3.26. The van der Waals surface area contributed by atoms with Crippen LogP contribution in [0, 0.1) is 0 Å². The SMILES string of the molecule is C=CN1[C](=[V])N(C(C)(C)C)C(C)C1C. The van der Waals surface area contributed by atoms with Gasteiger partial charge in [0.1, 0.15) is 0 Å². The maximum atomic E-state index is 3.86. The quantitative estimate of drug-likeness (QED) is 0.680. The van der Waals surface area contributed by atoms with Crippen LogP contribution >= 0.6 is 0 Å². The van der Waals surface area contributed by atoms with Crippen molar-refractivity contribution in [1.29, 1.82) is 0 Å². The van der Waals surface area contributed by atoms with Crippen LogP contribution in [0.2, 0.25) is 0 Å². The van der Waals surface area contributed by atoms with Crippen LogP contribution in [0.15, 0.2) is 12.8 Å². The first kappa shape index (κ1) is 12.0. The van der Waals surface area contributed by atoms with E-state index in [4.69, 9.17) is 0 Å². The minimum absolute atomic E-state index is 0.174. The van der Waals surface area contributed by atoms with Gasteiger partial charge in [0.2, 0.25) is 0 Å². The first-order valence-corrected chi connectivity index (χ1v) is 5.76. The molecule has 2 unspecified atom stereocenters. The van der Waals surface area contributed by atoms with Crippen LogP contribution in [0.5, 0.6) is 0 Å². The minimum atomic E-state index is 0.174. The Bertz CT molecular complexity index is 255. The second kappa shape index (κ2) is 3.84. The molecule has 1 aliphatic heterocycles. The molecule has 0 aliphatic carbocycles. The van der Waals surface area contributed by atoms with E-state index < -0.39 is 0 Å². The molecule has 1 heterocycles. The van der Waals surface area contributed by atoms with Crippen LogP contribution in [0.4, 0.5) is 0 Å². The van der Waals surface area contributed by atoms with Gasteiger partial charge in [-0.25, -0.2) is 0 Å². The predicted molar refractivity (Wildman–Crippen MR) is 57.6 cm³/mol. The van der Waals surface area contributed by atoms with E-state index in [0.29, 0.717) is 12.1 Å². The van der Waals surface area contributed by atoms with Crippen molar-refractivity contribution in [2.75, 3.05) is 0 Å². The first-order valence-electron chi connectivity index (χ1n) is 5.07. The standard InChI is InChI=1S/C11H20N2.V/c1-7-12-8-13(11(4,5)6)10(3)9(12)2;/h7,9-10H,1H2,2-6H3;. The Hall–Kier alpha value is -0.0456. The molecule has 79 valence electrons. The molecular weight excluding hydrogens is 211 g/mol. The molecule has 0 aromatic rings. The van der Waals surface area contributed by atoms with Crippen LogP contribution in [-0.2, 0) is 17.0 Å². The van der Waals surface area contributed by atoms with Crippen molar-refractivity contribution in [3.05, 3.63) is 12.8 Å². The van der Waals surface area contributed by atoms with Gasteiger partial charge in [-0.05, 0) is 0 Å². The molecule has 0 bridgehead atoms. The van der Waals surface area contributed by atoms with E-state index in [9.17, 15) is 0 Å². The van der Waals surface area contributed by atoms with Gasteiger partial charge in [0.25, 0.3) is 0 Å². The summed E-state index contributed by atoms with van der Waals surface area (Å²) in [5.41, 5.74) is 0.174. The molecule has 1 fully saturated rings. The number of rotatable bonds is 1. The summed E-state index contributed by atoms with van der Waals surface area (Å²) in [5.74, 6) is 0. The van der Waals surface area contributed by atoms with Gasteiger partial charge in [-0.15, -0.1) is 0 Å². The fourth-order valence-electron chi connectivity index (χ4n) is 2.10. The Morgan fingerprint density at radius 3 is 2.00 bits per heavy atom. The Kier molecular flexibility index (Phi) is 3.30. The Morgan fingerprint density at radius 1 is 1.29 bits per heavy atom. The first-order chi connectivity index (χ1) is 6.30. The average molecular weight is 231 g/mol. The third kappa shape index (κ3) is 1.84.